The van der Waals surface area contributed by atoms with Gasteiger partial charge in [0.15, 0.2) is 0 Å². The third-order valence-electron chi connectivity index (χ3n) is 4.18. The van der Waals surface area contributed by atoms with E-state index in [2.05, 4.69) is 11.0 Å². The molecule has 19 heavy (non-hydrogen) atoms. The van der Waals surface area contributed by atoms with Crippen molar-refractivity contribution in [1.29, 1.82) is 5.26 Å². The fraction of sp³-hybridized carbons (Fsp3) is 0.467. The van der Waals surface area contributed by atoms with E-state index in [-0.39, 0.29) is 0 Å². The molecule has 0 radical (unpaired) electrons. The Morgan fingerprint density at radius 3 is 2.79 bits per heavy atom. The van der Waals surface area contributed by atoms with E-state index in [9.17, 15) is 9.90 Å². The number of nitrogens with zero attached hydrogens (tertiary/aromatic N) is 2. The molecular weight excluding hydrogens is 240 g/mol. The van der Waals surface area contributed by atoms with E-state index in [0.29, 0.717) is 24.9 Å². The summed E-state index contributed by atoms with van der Waals surface area (Å²) < 4.78 is 0. The molecule has 1 aromatic rings. The fourth-order valence-corrected chi connectivity index (χ4v) is 2.68. The molecule has 2 rings (SSSR count). The van der Waals surface area contributed by atoms with Crippen molar-refractivity contribution < 1.29 is 9.90 Å². The molecule has 0 aromatic heterocycles. The summed E-state index contributed by atoms with van der Waals surface area (Å²) >= 11 is 0. The number of anilines is 1. The zero-order valence-corrected chi connectivity index (χ0v) is 11.3. The Hall–Kier alpha value is -2.02. The lowest BCUT2D eigenvalue weighted by Crippen LogP contribution is -2.34. The number of rotatable bonds is 3. The van der Waals surface area contributed by atoms with Crippen molar-refractivity contribution in [2.75, 3.05) is 18.0 Å². The van der Waals surface area contributed by atoms with Crippen LogP contribution in [0.1, 0.15) is 30.9 Å². The summed E-state index contributed by atoms with van der Waals surface area (Å²) in [6.07, 6.45) is 1.33. The number of nitriles is 1. The summed E-state index contributed by atoms with van der Waals surface area (Å²) in [5.74, 6) is -0.706. The first-order valence-corrected chi connectivity index (χ1v) is 6.51. The minimum absolute atomic E-state index is 0.546. The molecule has 4 nitrogen and oxygen atoms in total. The van der Waals surface area contributed by atoms with Crippen LogP contribution in [-0.2, 0) is 4.79 Å². The zero-order chi connectivity index (χ0) is 14.0. The quantitative estimate of drug-likeness (QED) is 0.905. The predicted molar refractivity (Wildman–Crippen MR) is 73.1 cm³/mol. The second-order valence-electron chi connectivity index (χ2n) is 5.22. The van der Waals surface area contributed by atoms with Crippen LogP contribution < -0.4 is 4.90 Å². The summed E-state index contributed by atoms with van der Waals surface area (Å²) in [4.78, 5) is 13.5. The molecule has 1 aromatic carbocycles. The average molecular weight is 258 g/mol. The van der Waals surface area contributed by atoms with Crippen LogP contribution >= 0.6 is 0 Å². The molecular formula is C15H18N2O2. The number of hydrogen-bond acceptors (Lipinski definition) is 3. The third kappa shape index (κ3) is 2.28. The van der Waals surface area contributed by atoms with E-state index in [1.165, 1.54) is 0 Å². The Balaban J connectivity index is 2.24. The molecule has 0 aliphatic carbocycles. The van der Waals surface area contributed by atoms with Crippen molar-refractivity contribution in [3.05, 3.63) is 29.3 Å². The standard InChI is InChI=1S/C15H18N2O2/c1-3-15(14(18)19)6-7-17(10-15)13-5-4-12(9-16)11(2)8-13/h4-5,8H,3,6-7,10H2,1-2H3,(H,18,19). The van der Waals surface area contributed by atoms with Crippen LogP contribution in [-0.4, -0.2) is 24.2 Å². The second-order valence-corrected chi connectivity index (χ2v) is 5.22. The maximum atomic E-state index is 11.4. The van der Waals surface area contributed by atoms with Crippen LogP contribution in [0.4, 0.5) is 5.69 Å². The van der Waals surface area contributed by atoms with Crippen molar-refractivity contribution >= 4 is 11.7 Å². The first-order valence-electron chi connectivity index (χ1n) is 6.51. The molecule has 1 heterocycles. The molecule has 1 saturated heterocycles. The first-order chi connectivity index (χ1) is 9.02. The lowest BCUT2D eigenvalue weighted by Gasteiger charge is -2.24. The monoisotopic (exact) mass is 258 g/mol. The Morgan fingerprint density at radius 2 is 2.32 bits per heavy atom. The van der Waals surface area contributed by atoms with Gasteiger partial charge < -0.3 is 10.0 Å². The van der Waals surface area contributed by atoms with E-state index in [0.717, 1.165) is 17.8 Å². The zero-order valence-electron chi connectivity index (χ0n) is 11.3. The maximum absolute atomic E-state index is 11.4. The van der Waals surface area contributed by atoms with Gasteiger partial charge in [-0.05, 0) is 43.5 Å². The van der Waals surface area contributed by atoms with Crippen molar-refractivity contribution in [2.45, 2.75) is 26.7 Å². The summed E-state index contributed by atoms with van der Waals surface area (Å²) in [6, 6.07) is 7.82. The third-order valence-corrected chi connectivity index (χ3v) is 4.18. The van der Waals surface area contributed by atoms with E-state index in [1.807, 2.05) is 26.0 Å². The van der Waals surface area contributed by atoms with Gasteiger partial charge in [0, 0.05) is 18.8 Å². The minimum atomic E-state index is -0.706. The van der Waals surface area contributed by atoms with Crippen LogP contribution in [0.3, 0.4) is 0 Å². The Labute approximate surface area is 113 Å². The second kappa shape index (κ2) is 4.93. The lowest BCUT2D eigenvalue weighted by molar-refractivity contribution is -0.147. The lowest BCUT2D eigenvalue weighted by atomic mass is 9.84. The van der Waals surface area contributed by atoms with Gasteiger partial charge in [-0.25, -0.2) is 0 Å². The van der Waals surface area contributed by atoms with Gasteiger partial charge in [-0.1, -0.05) is 6.92 Å². The fourth-order valence-electron chi connectivity index (χ4n) is 2.68. The summed E-state index contributed by atoms with van der Waals surface area (Å²) in [7, 11) is 0. The van der Waals surface area contributed by atoms with Crippen molar-refractivity contribution in [3.63, 3.8) is 0 Å². The van der Waals surface area contributed by atoms with E-state index < -0.39 is 11.4 Å². The van der Waals surface area contributed by atoms with Crippen LogP contribution in [0.2, 0.25) is 0 Å². The summed E-state index contributed by atoms with van der Waals surface area (Å²) in [6.45, 7) is 5.14. The highest BCUT2D eigenvalue weighted by Crippen LogP contribution is 2.37. The molecule has 1 N–H and O–H groups in total. The molecule has 1 atom stereocenters. The van der Waals surface area contributed by atoms with Gasteiger partial charge in [-0.2, -0.15) is 5.26 Å². The SMILES string of the molecule is CCC1(C(=O)O)CCN(c2ccc(C#N)c(C)c2)C1. The van der Waals surface area contributed by atoms with Crippen molar-refractivity contribution in [3.8, 4) is 6.07 Å². The first kappa shape index (κ1) is 13.4. The largest absolute Gasteiger partial charge is 0.481 e. The molecule has 0 bridgehead atoms. The minimum Gasteiger partial charge on any atom is -0.481 e. The van der Waals surface area contributed by atoms with E-state index >= 15 is 0 Å². The molecule has 1 aliphatic rings. The van der Waals surface area contributed by atoms with Crippen molar-refractivity contribution in [1.82, 2.24) is 0 Å². The summed E-state index contributed by atoms with van der Waals surface area (Å²) in [5, 5.41) is 18.3. The van der Waals surface area contributed by atoms with Gasteiger partial charge >= 0.3 is 5.97 Å². The Kier molecular flexibility index (Phi) is 3.48. The number of aliphatic carboxylic acids is 1. The maximum Gasteiger partial charge on any atom is 0.311 e. The van der Waals surface area contributed by atoms with Crippen LogP contribution in [0.5, 0.6) is 0 Å². The number of carboxylic acids is 1. The van der Waals surface area contributed by atoms with Gasteiger partial charge in [0.1, 0.15) is 0 Å². The van der Waals surface area contributed by atoms with Crippen LogP contribution in [0.25, 0.3) is 0 Å². The Morgan fingerprint density at radius 1 is 1.58 bits per heavy atom. The normalized spacial score (nSPS) is 22.3. The molecule has 4 heteroatoms. The molecule has 1 aliphatic heterocycles. The van der Waals surface area contributed by atoms with Gasteiger partial charge in [0.05, 0.1) is 17.0 Å². The number of carboxylic acid groups (broad SMARTS) is 1. The van der Waals surface area contributed by atoms with Gasteiger partial charge in [0.25, 0.3) is 0 Å². The highest BCUT2D eigenvalue weighted by Gasteiger charge is 2.43. The van der Waals surface area contributed by atoms with Gasteiger partial charge in [-0.15, -0.1) is 0 Å². The smallest absolute Gasteiger partial charge is 0.311 e. The summed E-state index contributed by atoms with van der Waals surface area (Å²) in [5.41, 5.74) is 1.99. The predicted octanol–water partition coefficient (Wildman–Crippen LogP) is 2.56. The molecule has 0 saturated carbocycles. The van der Waals surface area contributed by atoms with Crippen LogP contribution in [0.15, 0.2) is 18.2 Å². The highest BCUT2D eigenvalue weighted by molar-refractivity contribution is 5.76. The Bertz CT molecular complexity index is 548. The molecule has 0 amide bonds. The number of hydrogen-bond donors (Lipinski definition) is 1. The number of aryl methyl sites for hydroxylation is 1. The molecule has 1 fully saturated rings. The molecule has 1 unspecified atom stereocenters. The average Bonchev–Trinajstić information content (AvgIpc) is 2.84. The number of benzene rings is 1. The molecule has 0 spiro atoms. The van der Waals surface area contributed by atoms with E-state index in [1.54, 1.807) is 6.07 Å². The van der Waals surface area contributed by atoms with E-state index in [4.69, 9.17) is 5.26 Å². The topological polar surface area (TPSA) is 64.3 Å². The number of carbonyl (C=O) groups is 1. The highest BCUT2D eigenvalue weighted by atomic mass is 16.4. The van der Waals surface area contributed by atoms with Gasteiger partial charge in [-0.3, -0.25) is 4.79 Å². The van der Waals surface area contributed by atoms with Gasteiger partial charge in [0.2, 0.25) is 0 Å². The van der Waals surface area contributed by atoms with Crippen LogP contribution in [0, 0.1) is 23.7 Å². The molecule has 100 valence electrons. The van der Waals surface area contributed by atoms with Crippen molar-refractivity contribution in [2.24, 2.45) is 5.41 Å².